The summed E-state index contributed by atoms with van der Waals surface area (Å²) < 4.78 is 11.5. The number of aryl methyl sites for hydroxylation is 1. The van der Waals surface area contributed by atoms with Crippen molar-refractivity contribution in [2.24, 2.45) is 0 Å². The molecule has 0 saturated heterocycles. The Morgan fingerprint density at radius 1 is 0.853 bits per heavy atom. The Hall–Kier alpha value is -4.00. The third-order valence-electron chi connectivity index (χ3n) is 5.02. The lowest BCUT2D eigenvalue weighted by Gasteiger charge is -2.14. The average molecular weight is 462 g/mol. The molecule has 0 heterocycles. The van der Waals surface area contributed by atoms with Crippen LogP contribution in [0.15, 0.2) is 78.9 Å². The molecule has 0 radical (unpaired) electrons. The number of amides is 2. The average Bonchev–Trinajstić information content (AvgIpc) is 2.85. The zero-order valence-corrected chi connectivity index (χ0v) is 19.6. The second kappa shape index (κ2) is 12.9. The van der Waals surface area contributed by atoms with Gasteiger partial charge in [0.05, 0.1) is 12.2 Å². The van der Waals surface area contributed by atoms with Crippen molar-refractivity contribution in [3.05, 3.63) is 84.4 Å². The van der Waals surface area contributed by atoms with Crippen molar-refractivity contribution in [3.63, 3.8) is 0 Å². The molecule has 0 fully saturated rings. The number of anilines is 2. The summed E-state index contributed by atoms with van der Waals surface area (Å²) >= 11 is 0. The zero-order chi connectivity index (χ0) is 24.2. The molecule has 3 rings (SSSR count). The fourth-order valence-corrected chi connectivity index (χ4v) is 3.21. The van der Waals surface area contributed by atoms with Gasteiger partial charge in [0, 0.05) is 26.2 Å². The Bertz CT molecular complexity index is 1070. The van der Waals surface area contributed by atoms with Crippen molar-refractivity contribution in [2.45, 2.75) is 12.8 Å². The van der Waals surface area contributed by atoms with Crippen LogP contribution >= 0.6 is 0 Å². The van der Waals surface area contributed by atoms with Crippen LogP contribution in [-0.2, 0) is 16.0 Å². The summed E-state index contributed by atoms with van der Waals surface area (Å²) in [7, 11) is 3.50. The Kier molecular flexibility index (Phi) is 9.34. The minimum absolute atomic E-state index is 0.0882. The zero-order valence-electron chi connectivity index (χ0n) is 19.6. The fraction of sp³-hybridized carbons (Fsp3) is 0.259. The maximum Gasteiger partial charge on any atom is 0.243 e. The monoisotopic (exact) mass is 461 g/mol. The van der Waals surface area contributed by atoms with E-state index in [0.29, 0.717) is 37.5 Å². The van der Waals surface area contributed by atoms with E-state index in [0.717, 1.165) is 17.0 Å². The van der Waals surface area contributed by atoms with Gasteiger partial charge in [-0.2, -0.15) is 0 Å². The molecule has 0 spiro atoms. The third kappa shape index (κ3) is 8.16. The van der Waals surface area contributed by atoms with Crippen molar-refractivity contribution >= 4 is 23.2 Å². The molecular weight excluding hydrogens is 430 g/mol. The summed E-state index contributed by atoms with van der Waals surface area (Å²) in [6.07, 6.45) is 1.10. The van der Waals surface area contributed by atoms with Crippen molar-refractivity contribution < 1.29 is 19.1 Å². The molecule has 7 heteroatoms. The first-order chi connectivity index (χ1) is 16.5. The van der Waals surface area contributed by atoms with E-state index in [1.54, 1.807) is 25.1 Å². The minimum atomic E-state index is -0.190. The molecule has 0 bridgehead atoms. The lowest BCUT2D eigenvalue weighted by atomic mass is 10.1. The molecule has 3 aromatic rings. The minimum Gasteiger partial charge on any atom is -0.490 e. The largest absolute Gasteiger partial charge is 0.490 e. The number of para-hydroxylation sites is 3. The highest BCUT2D eigenvalue weighted by Gasteiger charge is 2.09. The van der Waals surface area contributed by atoms with Gasteiger partial charge in [0.2, 0.25) is 11.8 Å². The highest BCUT2D eigenvalue weighted by molar-refractivity contribution is 5.95. The number of hydrogen-bond acceptors (Lipinski definition) is 5. The van der Waals surface area contributed by atoms with Crippen LogP contribution in [0.5, 0.6) is 11.5 Å². The lowest BCUT2D eigenvalue weighted by Crippen LogP contribution is -2.22. The number of rotatable bonds is 12. The van der Waals surface area contributed by atoms with Crippen LogP contribution in [0.25, 0.3) is 0 Å². The highest BCUT2D eigenvalue weighted by atomic mass is 16.5. The Morgan fingerprint density at radius 2 is 1.59 bits per heavy atom. The van der Waals surface area contributed by atoms with E-state index < -0.39 is 0 Å². The Labute approximate surface area is 200 Å². The van der Waals surface area contributed by atoms with E-state index in [1.807, 2.05) is 72.8 Å². The molecule has 178 valence electrons. The lowest BCUT2D eigenvalue weighted by molar-refractivity contribution is -0.128. The van der Waals surface area contributed by atoms with Gasteiger partial charge in [-0.05, 0) is 48.4 Å². The predicted molar refractivity (Wildman–Crippen MR) is 134 cm³/mol. The van der Waals surface area contributed by atoms with Gasteiger partial charge < -0.3 is 25.0 Å². The van der Waals surface area contributed by atoms with Crippen molar-refractivity contribution in [3.8, 4) is 11.5 Å². The quantitative estimate of drug-likeness (QED) is 0.395. The smallest absolute Gasteiger partial charge is 0.243 e. The predicted octanol–water partition coefficient (Wildman–Crippen LogP) is 4.22. The molecule has 2 N–H and O–H groups in total. The van der Waals surface area contributed by atoms with Gasteiger partial charge in [0.1, 0.15) is 24.7 Å². The van der Waals surface area contributed by atoms with Crippen LogP contribution in [0, 0.1) is 0 Å². The molecule has 0 aliphatic carbocycles. The maximum atomic E-state index is 12.5. The SMILES string of the molecule is CN(C)C(=O)CCc1cccc(NCC(=O)Nc2ccccc2OCCOc2ccccc2)c1. The van der Waals surface area contributed by atoms with Crippen molar-refractivity contribution in [2.75, 3.05) is 44.5 Å². The van der Waals surface area contributed by atoms with E-state index in [9.17, 15) is 9.59 Å². The summed E-state index contributed by atoms with van der Waals surface area (Å²) in [4.78, 5) is 25.9. The van der Waals surface area contributed by atoms with Gasteiger partial charge in [0.15, 0.2) is 0 Å². The number of nitrogens with one attached hydrogen (secondary N) is 2. The molecule has 0 aliphatic heterocycles. The fourth-order valence-electron chi connectivity index (χ4n) is 3.21. The number of benzene rings is 3. The number of carbonyl (C=O) groups is 2. The summed E-state index contributed by atoms with van der Waals surface area (Å²) in [6.45, 7) is 0.846. The van der Waals surface area contributed by atoms with E-state index in [2.05, 4.69) is 10.6 Å². The third-order valence-corrected chi connectivity index (χ3v) is 5.02. The van der Waals surface area contributed by atoms with E-state index in [-0.39, 0.29) is 18.4 Å². The summed E-state index contributed by atoms with van der Waals surface area (Å²) in [5.41, 5.74) is 2.47. The summed E-state index contributed by atoms with van der Waals surface area (Å²) in [6, 6.07) is 24.6. The van der Waals surface area contributed by atoms with Crippen LogP contribution in [0.3, 0.4) is 0 Å². The number of nitrogens with zero attached hydrogens (tertiary/aromatic N) is 1. The molecule has 2 amide bonds. The van der Waals surface area contributed by atoms with Crippen LogP contribution in [0.2, 0.25) is 0 Å². The van der Waals surface area contributed by atoms with Crippen molar-refractivity contribution in [1.29, 1.82) is 0 Å². The first kappa shape index (κ1) is 24.6. The second-order valence-corrected chi connectivity index (χ2v) is 7.90. The van der Waals surface area contributed by atoms with E-state index in [4.69, 9.17) is 9.47 Å². The second-order valence-electron chi connectivity index (χ2n) is 7.90. The Balaban J connectivity index is 1.46. The molecule has 0 saturated carbocycles. The number of carbonyl (C=O) groups excluding carboxylic acids is 2. The van der Waals surface area contributed by atoms with E-state index in [1.165, 1.54) is 0 Å². The molecule has 7 nitrogen and oxygen atoms in total. The van der Waals surface area contributed by atoms with Crippen LogP contribution in [-0.4, -0.2) is 50.6 Å². The first-order valence-corrected chi connectivity index (χ1v) is 11.2. The van der Waals surface area contributed by atoms with Gasteiger partial charge >= 0.3 is 0 Å². The molecule has 0 aliphatic rings. The van der Waals surface area contributed by atoms with Gasteiger partial charge in [-0.15, -0.1) is 0 Å². The molecule has 0 unspecified atom stereocenters. The van der Waals surface area contributed by atoms with Gasteiger partial charge in [-0.3, -0.25) is 9.59 Å². The molecule has 0 aromatic heterocycles. The van der Waals surface area contributed by atoms with Crippen LogP contribution < -0.4 is 20.1 Å². The standard InChI is InChI=1S/C27H31N3O4/c1-30(2)27(32)16-15-21-9-8-10-22(19-21)28-20-26(31)29-24-13-6-7-14-25(24)34-18-17-33-23-11-4-3-5-12-23/h3-14,19,28H,15-18,20H2,1-2H3,(H,29,31). The van der Waals surface area contributed by atoms with Gasteiger partial charge in [-0.1, -0.05) is 42.5 Å². The molecule has 3 aromatic carbocycles. The topological polar surface area (TPSA) is 79.9 Å². The van der Waals surface area contributed by atoms with Crippen LogP contribution in [0.4, 0.5) is 11.4 Å². The molecule has 0 atom stereocenters. The first-order valence-electron chi connectivity index (χ1n) is 11.2. The maximum absolute atomic E-state index is 12.5. The summed E-state index contributed by atoms with van der Waals surface area (Å²) in [5.74, 6) is 1.27. The summed E-state index contributed by atoms with van der Waals surface area (Å²) in [5, 5.41) is 6.03. The number of hydrogen-bond donors (Lipinski definition) is 2. The molecule has 34 heavy (non-hydrogen) atoms. The van der Waals surface area contributed by atoms with Crippen molar-refractivity contribution in [1.82, 2.24) is 4.90 Å². The Morgan fingerprint density at radius 3 is 2.38 bits per heavy atom. The van der Waals surface area contributed by atoms with Crippen LogP contribution in [0.1, 0.15) is 12.0 Å². The van der Waals surface area contributed by atoms with Gasteiger partial charge in [-0.25, -0.2) is 0 Å². The highest BCUT2D eigenvalue weighted by Crippen LogP contribution is 2.23. The van der Waals surface area contributed by atoms with Gasteiger partial charge in [0.25, 0.3) is 0 Å². The van der Waals surface area contributed by atoms with E-state index >= 15 is 0 Å². The normalized spacial score (nSPS) is 10.3. The number of ether oxygens (including phenoxy) is 2. The molecular formula is C27H31N3O4.